The van der Waals surface area contributed by atoms with Crippen molar-refractivity contribution >= 4 is 11.4 Å². The van der Waals surface area contributed by atoms with Crippen LogP contribution in [-0.2, 0) is 0 Å². The smallest absolute Gasteiger partial charge is 0.0640 e. The van der Waals surface area contributed by atoms with E-state index < -0.39 is 0 Å². The summed E-state index contributed by atoms with van der Waals surface area (Å²) in [5.41, 5.74) is 9.55. The largest absolute Gasteiger partial charge is 0.340 e. The number of anilines is 2. The van der Waals surface area contributed by atoms with Crippen molar-refractivity contribution in [2.24, 2.45) is 5.73 Å². The lowest BCUT2D eigenvalue weighted by Crippen LogP contribution is -2.22. The molecule has 0 spiro atoms. The third-order valence-electron chi connectivity index (χ3n) is 3.58. The van der Waals surface area contributed by atoms with E-state index in [0.717, 1.165) is 23.4 Å². The number of para-hydroxylation sites is 2. The molecular weight excluding hydrogens is 258 g/mol. The van der Waals surface area contributed by atoms with Crippen LogP contribution < -0.4 is 10.6 Å². The number of benzene rings is 2. The molecule has 0 aliphatic carbocycles. The molecule has 0 unspecified atom stereocenters. The number of nitrogens with two attached hydrogens (primary N) is 1. The lowest BCUT2D eigenvalue weighted by Gasteiger charge is -2.28. The first-order chi connectivity index (χ1) is 10.3. The van der Waals surface area contributed by atoms with E-state index in [1.807, 2.05) is 30.3 Å². The Balaban J connectivity index is 2.45. The summed E-state index contributed by atoms with van der Waals surface area (Å²) >= 11 is 0. The van der Waals surface area contributed by atoms with Gasteiger partial charge < -0.3 is 10.6 Å². The van der Waals surface area contributed by atoms with Crippen molar-refractivity contribution in [2.45, 2.75) is 25.8 Å². The molecule has 0 aliphatic rings. The average molecular weight is 279 g/mol. The molecule has 108 valence electrons. The zero-order valence-corrected chi connectivity index (χ0v) is 12.4. The lowest BCUT2D eigenvalue weighted by atomic mass is 10.0. The molecule has 3 nitrogen and oxygen atoms in total. The first kappa shape index (κ1) is 15.1. The van der Waals surface area contributed by atoms with Gasteiger partial charge in [-0.1, -0.05) is 43.3 Å². The van der Waals surface area contributed by atoms with Gasteiger partial charge in [-0.05, 0) is 30.2 Å². The fourth-order valence-electron chi connectivity index (χ4n) is 2.43. The second-order valence-corrected chi connectivity index (χ2v) is 4.97. The van der Waals surface area contributed by atoms with Crippen molar-refractivity contribution in [3.05, 3.63) is 60.2 Å². The van der Waals surface area contributed by atoms with Crippen LogP contribution in [0.3, 0.4) is 0 Å². The van der Waals surface area contributed by atoms with Gasteiger partial charge in [0.25, 0.3) is 0 Å². The van der Waals surface area contributed by atoms with E-state index in [2.05, 4.69) is 42.2 Å². The summed E-state index contributed by atoms with van der Waals surface area (Å²) < 4.78 is 0. The van der Waals surface area contributed by atoms with Gasteiger partial charge in [0, 0.05) is 24.0 Å². The van der Waals surface area contributed by atoms with Crippen LogP contribution in [0.15, 0.2) is 54.6 Å². The van der Waals surface area contributed by atoms with Gasteiger partial charge in [0.05, 0.1) is 12.5 Å². The highest BCUT2D eigenvalue weighted by Gasteiger charge is 2.15. The van der Waals surface area contributed by atoms with Gasteiger partial charge in [-0.15, -0.1) is 0 Å². The number of nitrogens with zero attached hydrogens (tertiary/aromatic N) is 2. The molecule has 1 atom stereocenters. The van der Waals surface area contributed by atoms with E-state index in [1.54, 1.807) is 0 Å². The zero-order chi connectivity index (χ0) is 15.1. The molecule has 0 bridgehead atoms. The normalized spacial score (nSPS) is 11.7. The summed E-state index contributed by atoms with van der Waals surface area (Å²) in [4.78, 5) is 2.17. The van der Waals surface area contributed by atoms with Crippen LogP contribution in [-0.4, -0.2) is 6.54 Å². The maximum absolute atomic E-state index is 8.93. The summed E-state index contributed by atoms with van der Waals surface area (Å²) in [5.74, 6) is 0. The highest BCUT2D eigenvalue weighted by molar-refractivity contribution is 5.67. The molecule has 21 heavy (non-hydrogen) atoms. The Morgan fingerprint density at radius 3 is 2.43 bits per heavy atom. The zero-order valence-electron chi connectivity index (χ0n) is 12.4. The number of nitriles is 1. The molecule has 0 aliphatic heterocycles. The van der Waals surface area contributed by atoms with Crippen LogP contribution in [0.5, 0.6) is 0 Å². The Morgan fingerprint density at radius 1 is 1.10 bits per heavy atom. The molecule has 0 aromatic heterocycles. The van der Waals surface area contributed by atoms with Crippen LogP contribution in [0.2, 0.25) is 0 Å². The van der Waals surface area contributed by atoms with E-state index >= 15 is 0 Å². The summed E-state index contributed by atoms with van der Waals surface area (Å²) in [6.45, 7) is 2.75. The van der Waals surface area contributed by atoms with Crippen LogP contribution in [0.25, 0.3) is 0 Å². The lowest BCUT2D eigenvalue weighted by molar-refractivity contribution is 0.696. The topological polar surface area (TPSA) is 53.0 Å². The Labute approximate surface area is 126 Å². The van der Waals surface area contributed by atoms with Crippen LogP contribution in [0.1, 0.15) is 31.4 Å². The second kappa shape index (κ2) is 7.47. The molecule has 2 N–H and O–H groups in total. The van der Waals surface area contributed by atoms with Crippen molar-refractivity contribution in [3.8, 4) is 6.07 Å². The van der Waals surface area contributed by atoms with Crippen LogP contribution in [0.4, 0.5) is 11.4 Å². The molecule has 2 aromatic carbocycles. The van der Waals surface area contributed by atoms with Gasteiger partial charge in [-0.3, -0.25) is 0 Å². The molecule has 0 heterocycles. The maximum atomic E-state index is 8.93. The van der Waals surface area contributed by atoms with E-state index in [-0.39, 0.29) is 6.04 Å². The molecule has 0 amide bonds. The Morgan fingerprint density at radius 2 is 1.76 bits per heavy atom. The maximum Gasteiger partial charge on any atom is 0.0640 e. The quantitative estimate of drug-likeness (QED) is 0.864. The fraction of sp³-hybridized carbons (Fsp3) is 0.278. The third kappa shape index (κ3) is 3.62. The summed E-state index contributed by atoms with van der Waals surface area (Å²) in [6.07, 6.45) is 1.36. The highest BCUT2D eigenvalue weighted by Crippen LogP contribution is 2.32. The predicted octanol–water partition coefficient (Wildman–Crippen LogP) is 4.15. The minimum absolute atomic E-state index is 0.00879. The van der Waals surface area contributed by atoms with E-state index in [4.69, 9.17) is 11.0 Å². The van der Waals surface area contributed by atoms with Crippen molar-refractivity contribution < 1.29 is 0 Å². The van der Waals surface area contributed by atoms with E-state index in [1.165, 1.54) is 0 Å². The molecule has 2 rings (SSSR count). The number of rotatable bonds is 6. The van der Waals surface area contributed by atoms with Gasteiger partial charge in [-0.2, -0.15) is 5.26 Å². The van der Waals surface area contributed by atoms with Gasteiger partial charge in [0.15, 0.2) is 0 Å². The van der Waals surface area contributed by atoms with E-state index in [0.29, 0.717) is 13.0 Å². The molecular formula is C18H21N3. The molecule has 0 radical (unpaired) electrons. The van der Waals surface area contributed by atoms with Gasteiger partial charge in [0.2, 0.25) is 0 Å². The van der Waals surface area contributed by atoms with Crippen molar-refractivity contribution in [1.82, 2.24) is 0 Å². The first-order valence-corrected chi connectivity index (χ1v) is 7.32. The molecule has 0 saturated heterocycles. The summed E-state index contributed by atoms with van der Waals surface area (Å²) in [7, 11) is 0. The molecule has 0 fully saturated rings. The summed E-state index contributed by atoms with van der Waals surface area (Å²) in [6, 6.07) is 20.6. The molecule has 0 saturated carbocycles. The van der Waals surface area contributed by atoms with Crippen molar-refractivity contribution in [3.63, 3.8) is 0 Å². The van der Waals surface area contributed by atoms with Gasteiger partial charge in [0.1, 0.15) is 0 Å². The van der Waals surface area contributed by atoms with Crippen LogP contribution >= 0.6 is 0 Å². The standard InChI is InChI=1S/C18H21N3/c1-2-17(20)16-11-6-7-12-18(16)21(14-8-13-19)15-9-4-3-5-10-15/h3-7,9-12,17H,2,8,14,20H2,1H3/t17-/m1/s1. The van der Waals surface area contributed by atoms with Crippen molar-refractivity contribution in [2.75, 3.05) is 11.4 Å². The highest BCUT2D eigenvalue weighted by atomic mass is 15.1. The van der Waals surface area contributed by atoms with E-state index in [9.17, 15) is 0 Å². The van der Waals surface area contributed by atoms with Crippen LogP contribution in [0, 0.1) is 11.3 Å². The predicted molar refractivity (Wildman–Crippen MR) is 87.3 cm³/mol. The monoisotopic (exact) mass is 279 g/mol. The average Bonchev–Trinajstić information content (AvgIpc) is 2.56. The second-order valence-electron chi connectivity index (χ2n) is 4.97. The Bertz CT molecular complexity index is 601. The molecule has 3 heteroatoms. The Hall–Kier alpha value is -2.31. The van der Waals surface area contributed by atoms with Gasteiger partial charge >= 0.3 is 0 Å². The minimum atomic E-state index is 0.00879. The Kier molecular flexibility index (Phi) is 5.36. The third-order valence-corrected chi connectivity index (χ3v) is 3.58. The molecule has 2 aromatic rings. The SMILES string of the molecule is CC[C@@H](N)c1ccccc1N(CCC#N)c1ccccc1. The minimum Gasteiger partial charge on any atom is -0.340 e. The fourth-order valence-corrected chi connectivity index (χ4v) is 2.43. The first-order valence-electron chi connectivity index (χ1n) is 7.32. The van der Waals surface area contributed by atoms with Crippen molar-refractivity contribution in [1.29, 1.82) is 5.26 Å². The number of hydrogen-bond acceptors (Lipinski definition) is 3. The summed E-state index contributed by atoms with van der Waals surface area (Å²) in [5, 5.41) is 8.93. The van der Waals surface area contributed by atoms with Gasteiger partial charge in [-0.25, -0.2) is 0 Å². The number of hydrogen-bond donors (Lipinski definition) is 1.